The molecule has 1 heterocycles. The zero-order chi connectivity index (χ0) is 19.3. The summed E-state index contributed by atoms with van der Waals surface area (Å²) in [5, 5.41) is 0.201. The van der Waals surface area contributed by atoms with Gasteiger partial charge in [0.15, 0.2) is 11.6 Å². The van der Waals surface area contributed by atoms with Crippen molar-refractivity contribution in [1.82, 2.24) is 15.0 Å². The maximum absolute atomic E-state index is 6.23. The van der Waals surface area contributed by atoms with Gasteiger partial charge < -0.3 is 0 Å². The van der Waals surface area contributed by atoms with E-state index in [1.165, 1.54) is 22.3 Å². The summed E-state index contributed by atoms with van der Waals surface area (Å²) in [6.07, 6.45) is 0. The van der Waals surface area contributed by atoms with E-state index in [4.69, 9.17) is 11.6 Å². The van der Waals surface area contributed by atoms with Gasteiger partial charge in [0.05, 0.1) is 0 Å². The molecule has 136 valence electrons. The molecule has 0 fully saturated rings. The molecule has 0 atom stereocenters. The Kier molecular flexibility index (Phi) is 3.81. The van der Waals surface area contributed by atoms with Crippen LogP contribution >= 0.6 is 11.6 Å². The van der Waals surface area contributed by atoms with Crippen LogP contribution in [-0.4, -0.2) is 15.0 Å². The van der Waals surface area contributed by atoms with Gasteiger partial charge in [-0.15, -0.1) is 0 Å². The molecule has 0 aliphatic heterocycles. The van der Waals surface area contributed by atoms with Crippen molar-refractivity contribution < 1.29 is 0 Å². The van der Waals surface area contributed by atoms with E-state index < -0.39 is 0 Å². The van der Waals surface area contributed by atoms with Crippen molar-refractivity contribution in [3.63, 3.8) is 0 Å². The van der Waals surface area contributed by atoms with Crippen molar-refractivity contribution in [2.24, 2.45) is 0 Å². The molecule has 4 heteroatoms. The first-order valence-corrected chi connectivity index (χ1v) is 9.63. The van der Waals surface area contributed by atoms with Crippen molar-refractivity contribution in [2.45, 2.75) is 19.3 Å². The summed E-state index contributed by atoms with van der Waals surface area (Å²) in [4.78, 5) is 13.4. The van der Waals surface area contributed by atoms with Crippen LogP contribution in [0.5, 0.6) is 0 Å². The third-order valence-corrected chi connectivity index (χ3v) is 5.65. The number of nitrogens with zero attached hydrogens (tertiary/aromatic N) is 3. The highest BCUT2D eigenvalue weighted by Gasteiger charge is 2.35. The zero-order valence-electron chi connectivity index (χ0n) is 15.6. The molecule has 1 aliphatic carbocycles. The maximum Gasteiger partial charge on any atom is 0.226 e. The topological polar surface area (TPSA) is 38.7 Å². The van der Waals surface area contributed by atoms with E-state index in [1.807, 2.05) is 30.3 Å². The SMILES string of the molecule is CC1(C)c2ccccc2-c2ccc(-c3nc(Cl)nc(-c4ccccc4)n3)cc21. The number of hydrogen-bond acceptors (Lipinski definition) is 3. The minimum absolute atomic E-state index is 0.0684. The molecule has 4 aromatic rings. The second-order valence-electron chi connectivity index (χ2n) is 7.55. The molecule has 0 amide bonds. The normalized spacial score (nSPS) is 13.8. The van der Waals surface area contributed by atoms with Crippen LogP contribution in [0.15, 0.2) is 72.8 Å². The molecule has 0 N–H and O–H groups in total. The minimum atomic E-state index is -0.0684. The van der Waals surface area contributed by atoms with Gasteiger partial charge in [-0.05, 0) is 39.9 Å². The summed E-state index contributed by atoms with van der Waals surface area (Å²) in [5.74, 6) is 1.17. The second kappa shape index (κ2) is 6.25. The van der Waals surface area contributed by atoms with Crippen LogP contribution in [0, 0.1) is 0 Å². The van der Waals surface area contributed by atoms with Crippen molar-refractivity contribution >= 4 is 11.6 Å². The standard InChI is InChI=1S/C24H18ClN3/c1-24(2)19-11-7-6-10-17(19)18-13-12-16(14-20(18)24)22-26-21(27-23(25)28-22)15-8-4-3-5-9-15/h3-14H,1-2H3. The summed E-state index contributed by atoms with van der Waals surface area (Å²) >= 11 is 6.23. The number of halogens is 1. The third-order valence-electron chi connectivity index (χ3n) is 5.48. The zero-order valence-corrected chi connectivity index (χ0v) is 16.4. The lowest BCUT2D eigenvalue weighted by Gasteiger charge is -2.21. The highest BCUT2D eigenvalue weighted by Crippen LogP contribution is 2.49. The van der Waals surface area contributed by atoms with Crippen molar-refractivity contribution in [1.29, 1.82) is 0 Å². The average Bonchev–Trinajstić information content (AvgIpc) is 2.95. The van der Waals surface area contributed by atoms with Crippen molar-refractivity contribution in [3.05, 3.63) is 89.2 Å². The third kappa shape index (κ3) is 2.62. The first kappa shape index (κ1) is 17.1. The molecule has 1 aliphatic rings. The molecular weight excluding hydrogens is 366 g/mol. The fourth-order valence-electron chi connectivity index (χ4n) is 4.04. The van der Waals surface area contributed by atoms with E-state index in [2.05, 4.69) is 71.3 Å². The van der Waals surface area contributed by atoms with Crippen LogP contribution in [0.25, 0.3) is 33.9 Å². The molecule has 3 nitrogen and oxygen atoms in total. The summed E-state index contributed by atoms with van der Waals surface area (Å²) in [6.45, 7) is 4.52. The van der Waals surface area contributed by atoms with E-state index >= 15 is 0 Å². The Balaban J connectivity index is 1.65. The Labute approximate surface area is 169 Å². The first-order chi connectivity index (χ1) is 13.5. The summed E-state index contributed by atoms with van der Waals surface area (Å²) < 4.78 is 0. The van der Waals surface area contributed by atoms with E-state index in [0.717, 1.165) is 11.1 Å². The molecule has 0 bridgehead atoms. The van der Waals surface area contributed by atoms with Crippen molar-refractivity contribution in [3.8, 4) is 33.9 Å². The van der Waals surface area contributed by atoms with Gasteiger partial charge in [0.2, 0.25) is 5.28 Å². The Bertz CT molecular complexity index is 1200. The van der Waals surface area contributed by atoms with Gasteiger partial charge in [0.1, 0.15) is 0 Å². The number of fused-ring (bicyclic) bond motifs is 3. The van der Waals surface area contributed by atoms with Crippen LogP contribution < -0.4 is 0 Å². The van der Waals surface area contributed by atoms with E-state index in [1.54, 1.807) is 0 Å². The lowest BCUT2D eigenvalue weighted by atomic mass is 9.82. The number of benzene rings is 3. The van der Waals surface area contributed by atoms with E-state index in [-0.39, 0.29) is 10.7 Å². The molecule has 28 heavy (non-hydrogen) atoms. The smallest absolute Gasteiger partial charge is 0.208 e. The molecule has 0 radical (unpaired) electrons. The van der Waals surface area contributed by atoms with Crippen LogP contribution in [0.2, 0.25) is 5.28 Å². The van der Waals surface area contributed by atoms with Gasteiger partial charge in [-0.2, -0.15) is 9.97 Å². The Morgan fingerprint density at radius 2 is 1.29 bits per heavy atom. The maximum atomic E-state index is 6.23. The minimum Gasteiger partial charge on any atom is -0.208 e. The average molecular weight is 384 g/mol. The predicted octanol–water partition coefficient (Wildman–Crippen LogP) is 6.17. The van der Waals surface area contributed by atoms with Crippen LogP contribution in [0.3, 0.4) is 0 Å². The van der Waals surface area contributed by atoms with Crippen LogP contribution in [0.1, 0.15) is 25.0 Å². The van der Waals surface area contributed by atoms with Gasteiger partial charge in [0.25, 0.3) is 0 Å². The highest BCUT2D eigenvalue weighted by molar-refractivity contribution is 6.28. The van der Waals surface area contributed by atoms with E-state index in [9.17, 15) is 0 Å². The van der Waals surface area contributed by atoms with Gasteiger partial charge in [-0.1, -0.05) is 80.6 Å². The van der Waals surface area contributed by atoms with Gasteiger partial charge in [0, 0.05) is 16.5 Å². The summed E-state index contributed by atoms with van der Waals surface area (Å²) in [7, 11) is 0. The molecule has 0 unspecified atom stereocenters. The quantitative estimate of drug-likeness (QED) is 0.415. The fourth-order valence-corrected chi connectivity index (χ4v) is 4.20. The summed E-state index contributed by atoms with van der Waals surface area (Å²) in [5.41, 5.74) is 6.99. The van der Waals surface area contributed by atoms with Crippen LogP contribution in [-0.2, 0) is 5.41 Å². The lowest BCUT2D eigenvalue weighted by molar-refractivity contribution is 0.660. The molecule has 0 saturated carbocycles. The Morgan fingerprint density at radius 3 is 2.07 bits per heavy atom. The first-order valence-electron chi connectivity index (χ1n) is 9.26. The largest absolute Gasteiger partial charge is 0.226 e. The molecule has 1 aromatic heterocycles. The van der Waals surface area contributed by atoms with Crippen molar-refractivity contribution in [2.75, 3.05) is 0 Å². The summed E-state index contributed by atoms with van der Waals surface area (Å²) in [6, 6.07) is 24.8. The number of rotatable bonds is 2. The molecular formula is C24H18ClN3. The molecule has 5 rings (SSSR count). The lowest BCUT2D eigenvalue weighted by Crippen LogP contribution is -2.15. The van der Waals surface area contributed by atoms with Gasteiger partial charge in [-0.3, -0.25) is 0 Å². The van der Waals surface area contributed by atoms with Gasteiger partial charge in [-0.25, -0.2) is 4.98 Å². The molecule has 3 aromatic carbocycles. The Morgan fingerprint density at radius 1 is 0.643 bits per heavy atom. The number of aromatic nitrogens is 3. The van der Waals surface area contributed by atoms with E-state index in [0.29, 0.717) is 11.6 Å². The van der Waals surface area contributed by atoms with Crippen LogP contribution in [0.4, 0.5) is 0 Å². The number of hydrogen-bond donors (Lipinski definition) is 0. The molecule has 0 spiro atoms. The fraction of sp³-hybridized carbons (Fsp3) is 0.125. The Hall–Kier alpha value is -3.04. The molecule has 0 saturated heterocycles. The predicted molar refractivity (Wildman–Crippen MR) is 113 cm³/mol. The monoisotopic (exact) mass is 383 g/mol. The van der Waals surface area contributed by atoms with Gasteiger partial charge >= 0.3 is 0 Å². The second-order valence-corrected chi connectivity index (χ2v) is 7.89. The highest BCUT2D eigenvalue weighted by atomic mass is 35.5.